The molecule has 1 aromatic carbocycles. The van der Waals surface area contributed by atoms with Crippen LogP contribution in [0.15, 0.2) is 17.2 Å². The molecule has 0 spiro atoms. The van der Waals surface area contributed by atoms with E-state index in [-0.39, 0.29) is 5.69 Å². The van der Waals surface area contributed by atoms with Crippen molar-refractivity contribution in [3.05, 3.63) is 34.4 Å². The summed E-state index contributed by atoms with van der Waals surface area (Å²) < 4.78 is 1.82. The van der Waals surface area contributed by atoms with Gasteiger partial charge in [-0.3, -0.25) is 9.59 Å². The van der Waals surface area contributed by atoms with Crippen molar-refractivity contribution in [1.29, 1.82) is 0 Å². The fourth-order valence-electron chi connectivity index (χ4n) is 2.24. The average molecular weight is 301 g/mol. The number of fused-ring (bicyclic) bond motifs is 1. The van der Waals surface area contributed by atoms with Gasteiger partial charge in [0.25, 0.3) is 0 Å². The Labute approximate surface area is 128 Å². The van der Waals surface area contributed by atoms with E-state index in [0.29, 0.717) is 36.8 Å². The molecule has 1 aromatic heterocycles. The van der Waals surface area contributed by atoms with Gasteiger partial charge < -0.3 is 10.3 Å². The molecule has 1 heterocycles. The Morgan fingerprint density at radius 2 is 2.00 bits per heavy atom. The van der Waals surface area contributed by atoms with E-state index >= 15 is 0 Å². The quantitative estimate of drug-likeness (QED) is 0.636. The normalized spacial score (nSPS) is 11.7. The molecule has 116 valence electrons. The third kappa shape index (κ3) is 2.89. The maximum atomic E-state index is 11.4. The Balaban J connectivity index is 2.95. The topological polar surface area (TPSA) is 93.6 Å². The first-order valence-electron chi connectivity index (χ1n) is 6.91. The molecule has 1 amide bonds. The third-order valence-electron chi connectivity index (χ3n) is 3.48. The van der Waals surface area contributed by atoms with Gasteiger partial charge >= 0.3 is 0 Å². The minimum Gasteiger partial charge on any atom is -0.329 e. The number of amides is 1. The van der Waals surface area contributed by atoms with Crippen molar-refractivity contribution in [3.63, 3.8) is 0 Å². The number of benzene rings is 1. The molecule has 0 fully saturated rings. The van der Waals surface area contributed by atoms with Crippen LogP contribution in [0, 0.1) is 13.8 Å². The molecule has 0 saturated carbocycles. The van der Waals surface area contributed by atoms with E-state index in [0.717, 1.165) is 21.7 Å². The molecule has 0 aliphatic rings. The van der Waals surface area contributed by atoms with Gasteiger partial charge in [-0.25, -0.2) is 9.99 Å². The van der Waals surface area contributed by atoms with Crippen molar-refractivity contribution in [2.45, 2.75) is 20.4 Å². The number of hydrogen-bond donors (Lipinski definition) is 1. The lowest BCUT2D eigenvalue weighted by atomic mass is 10.1. The van der Waals surface area contributed by atoms with Crippen LogP contribution in [-0.2, 0) is 11.3 Å². The summed E-state index contributed by atoms with van der Waals surface area (Å²) in [5.41, 5.74) is 9.92. The Hall–Kier alpha value is -2.54. The first-order chi connectivity index (χ1) is 10.5. The number of nitrogens with two attached hydrogens (primary N) is 1. The molecule has 0 aliphatic carbocycles. The molecule has 22 heavy (non-hydrogen) atoms. The van der Waals surface area contributed by atoms with Gasteiger partial charge in [-0.2, -0.15) is 0 Å². The minimum absolute atomic E-state index is 0.179. The molecule has 0 atom stereocenters. The van der Waals surface area contributed by atoms with Gasteiger partial charge in [0.2, 0.25) is 6.41 Å². The van der Waals surface area contributed by atoms with E-state index in [4.69, 9.17) is 5.73 Å². The molecule has 2 aromatic rings. The Kier molecular flexibility index (Phi) is 4.67. The first-order valence-corrected chi connectivity index (χ1v) is 6.91. The molecule has 2 rings (SSSR count). The molecule has 2 N–H and O–H groups in total. The first kappa shape index (κ1) is 15.8. The molecule has 0 unspecified atom stereocenters. The Morgan fingerprint density at radius 3 is 2.59 bits per heavy atom. The fraction of sp³-hybridized carbons (Fsp3) is 0.333. The van der Waals surface area contributed by atoms with E-state index in [2.05, 4.69) is 10.1 Å². The fourth-order valence-corrected chi connectivity index (χ4v) is 2.24. The number of aryl methyl sites for hydroxylation is 2. The maximum Gasteiger partial charge on any atom is 0.229 e. The van der Waals surface area contributed by atoms with Crippen LogP contribution in [0.4, 0.5) is 0 Å². The second-order valence-corrected chi connectivity index (χ2v) is 5.08. The van der Waals surface area contributed by atoms with Crippen molar-refractivity contribution in [3.8, 4) is 0 Å². The highest BCUT2D eigenvalue weighted by molar-refractivity contribution is 5.81. The number of carbonyl (C=O) groups excluding carboxylic acids is 2. The molecule has 0 saturated heterocycles. The predicted octanol–water partition coefficient (Wildman–Crippen LogP) is 0.328. The van der Waals surface area contributed by atoms with Crippen LogP contribution in [-0.4, -0.2) is 40.8 Å². The standard InChI is InChI=1S/C15H19N5O2/c1-10-6-12-14(7-11(10)2)20(5-4-16)15(13(8-21)17-12)18-19(3)9-22/h6-9H,4-5,16H2,1-3H3/b18-15+. The molecule has 0 bridgehead atoms. The van der Waals surface area contributed by atoms with Gasteiger partial charge in [0, 0.05) is 20.1 Å². The van der Waals surface area contributed by atoms with Crippen molar-refractivity contribution in [2.75, 3.05) is 13.6 Å². The molecule has 7 heteroatoms. The van der Waals surface area contributed by atoms with Crippen molar-refractivity contribution in [2.24, 2.45) is 10.8 Å². The van der Waals surface area contributed by atoms with Gasteiger partial charge in [-0.05, 0) is 37.1 Å². The molecule has 0 radical (unpaired) electrons. The number of nitrogens with zero attached hydrogens (tertiary/aromatic N) is 4. The number of aromatic nitrogens is 2. The lowest BCUT2D eigenvalue weighted by Crippen LogP contribution is -2.32. The van der Waals surface area contributed by atoms with Gasteiger partial charge in [-0.1, -0.05) is 0 Å². The molecular weight excluding hydrogens is 282 g/mol. The van der Waals surface area contributed by atoms with Crippen LogP contribution >= 0.6 is 0 Å². The van der Waals surface area contributed by atoms with Crippen LogP contribution in [0.1, 0.15) is 21.6 Å². The number of carbonyl (C=O) groups is 2. The summed E-state index contributed by atoms with van der Waals surface area (Å²) in [5.74, 6) is 0. The van der Waals surface area contributed by atoms with E-state index in [1.165, 1.54) is 7.05 Å². The summed E-state index contributed by atoms with van der Waals surface area (Å²) in [6.07, 6.45) is 1.20. The van der Waals surface area contributed by atoms with E-state index < -0.39 is 0 Å². The van der Waals surface area contributed by atoms with Crippen molar-refractivity contribution in [1.82, 2.24) is 14.6 Å². The number of aldehydes is 1. The van der Waals surface area contributed by atoms with Crippen LogP contribution < -0.4 is 11.2 Å². The zero-order chi connectivity index (χ0) is 16.3. The zero-order valence-electron chi connectivity index (χ0n) is 12.9. The summed E-state index contributed by atoms with van der Waals surface area (Å²) in [6, 6.07) is 3.92. The third-order valence-corrected chi connectivity index (χ3v) is 3.48. The molecule has 0 aliphatic heterocycles. The maximum absolute atomic E-state index is 11.4. The van der Waals surface area contributed by atoms with Crippen LogP contribution in [0.5, 0.6) is 0 Å². The lowest BCUT2D eigenvalue weighted by molar-refractivity contribution is -0.117. The van der Waals surface area contributed by atoms with E-state index in [1.807, 2.05) is 30.5 Å². The second-order valence-electron chi connectivity index (χ2n) is 5.08. The summed E-state index contributed by atoms with van der Waals surface area (Å²) in [6.45, 7) is 4.84. The van der Waals surface area contributed by atoms with E-state index in [9.17, 15) is 9.59 Å². The van der Waals surface area contributed by atoms with Crippen molar-refractivity contribution >= 4 is 23.7 Å². The minimum atomic E-state index is 0.179. The van der Waals surface area contributed by atoms with Gasteiger partial charge in [0.15, 0.2) is 11.8 Å². The lowest BCUT2D eigenvalue weighted by Gasteiger charge is -2.14. The monoisotopic (exact) mass is 301 g/mol. The van der Waals surface area contributed by atoms with Crippen LogP contribution in [0.3, 0.4) is 0 Å². The largest absolute Gasteiger partial charge is 0.329 e. The summed E-state index contributed by atoms with van der Waals surface area (Å²) in [4.78, 5) is 26.6. The Morgan fingerprint density at radius 1 is 1.32 bits per heavy atom. The summed E-state index contributed by atoms with van der Waals surface area (Å²) in [5, 5.41) is 5.25. The smallest absolute Gasteiger partial charge is 0.229 e. The van der Waals surface area contributed by atoms with E-state index in [1.54, 1.807) is 0 Å². The van der Waals surface area contributed by atoms with Crippen LogP contribution in [0.2, 0.25) is 0 Å². The predicted molar refractivity (Wildman–Crippen MR) is 83.0 cm³/mol. The van der Waals surface area contributed by atoms with Crippen LogP contribution in [0.25, 0.3) is 11.0 Å². The van der Waals surface area contributed by atoms with Gasteiger partial charge in [-0.15, -0.1) is 5.10 Å². The SMILES string of the molecule is Cc1cc2nc(C=O)/c(=N\N(C)C=O)n(CCN)c2cc1C. The van der Waals surface area contributed by atoms with Crippen molar-refractivity contribution < 1.29 is 9.59 Å². The molecular formula is C15H19N5O2. The number of hydrogen-bond acceptors (Lipinski definition) is 5. The molecule has 7 nitrogen and oxygen atoms in total. The van der Waals surface area contributed by atoms with Gasteiger partial charge in [0.1, 0.15) is 5.69 Å². The summed E-state index contributed by atoms with van der Waals surface area (Å²) >= 11 is 0. The average Bonchev–Trinajstić information content (AvgIpc) is 2.51. The van der Waals surface area contributed by atoms with Gasteiger partial charge in [0.05, 0.1) is 11.0 Å². The second kappa shape index (κ2) is 6.48. The highest BCUT2D eigenvalue weighted by Crippen LogP contribution is 2.16. The highest BCUT2D eigenvalue weighted by Gasteiger charge is 2.11. The zero-order valence-corrected chi connectivity index (χ0v) is 12.9. The number of rotatable bonds is 5. The Bertz CT molecular complexity index is 795. The highest BCUT2D eigenvalue weighted by atomic mass is 16.1. The summed E-state index contributed by atoms with van der Waals surface area (Å²) in [7, 11) is 1.50.